The Balaban J connectivity index is 1.48. The Labute approximate surface area is 146 Å². The molecular formula is C20H31N3O. The number of carbonyl (C=O) groups excluding carboxylic acids is 1. The Hall–Kier alpha value is -1.39. The van der Waals surface area contributed by atoms with Gasteiger partial charge in [-0.1, -0.05) is 36.8 Å². The number of carbonyl (C=O) groups is 1. The minimum atomic E-state index is 0.217. The Morgan fingerprint density at radius 2 is 1.75 bits per heavy atom. The predicted octanol–water partition coefficient (Wildman–Crippen LogP) is 2.02. The van der Waals surface area contributed by atoms with Gasteiger partial charge in [0.15, 0.2) is 0 Å². The Kier molecular flexibility index (Phi) is 5.57. The van der Waals surface area contributed by atoms with Gasteiger partial charge in [-0.05, 0) is 24.8 Å². The van der Waals surface area contributed by atoms with E-state index in [0.717, 1.165) is 39.1 Å². The molecule has 2 saturated heterocycles. The topological polar surface area (TPSA) is 26.8 Å². The molecule has 2 unspecified atom stereocenters. The first-order chi connectivity index (χ1) is 11.5. The average molecular weight is 329 g/mol. The normalized spacial score (nSPS) is 26.0. The summed E-state index contributed by atoms with van der Waals surface area (Å²) >= 11 is 0. The van der Waals surface area contributed by atoms with Crippen molar-refractivity contribution in [1.82, 2.24) is 14.7 Å². The second kappa shape index (κ2) is 7.66. The third-order valence-corrected chi connectivity index (χ3v) is 5.71. The van der Waals surface area contributed by atoms with Crippen molar-refractivity contribution in [3.8, 4) is 0 Å². The lowest BCUT2D eigenvalue weighted by atomic mass is 10.0. The maximum Gasteiger partial charge on any atom is 0.219 e. The standard InChI is InChI=1S/C20H31N3O/c1-16-4-6-19(7-5-16)8-9-21-14-17(2)20(15-21)23-12-10-22(11-13-23)18(3)24/h4-7,17,20H,8-15H2,1-3H3. The molecule has 0 radical (unpaired) electrons. The number of likely N-dealkylation sites (tertiary alicyclic amines) is 1. The fourth-order valence-corrected chi connectivity index (χ4v) is 4.12. The van der Waals surface area contributed by atoms with Crippen LogP contribution in [0.2, 0.25) is 0 Å². The first-order valence-corrected chi connectivity index (χ1v) is 9.30. The van der Waals surface area contributed by atoms with E-state index in [4.69, 9.17) is 0 Å². The number of rotatable bonds is 4. The summed E-state index contributed by atoms with van der Waals surface area (Å²) in [6, 6.07) is 9.58. The van der Waals surface area contributed by atoms with Gasteiger partial charge in [-0.15, -0.1) is 0 Å². The quantitative estimate of drug-likeness (QED) is 0.846. The van der Waals surface area contributed by atoms with Gasteiger partial charge in [0, 0.05) is 58.8 Å². The molecule has 0 aromatic heterocycles. The molecule has 2 fully saturated rings. The van der Waals surface area contributed by atoms with E-state index in [2.05, 4.69) is 47.9 Å². The molecule has 2 aliphatic heterocycles. The maximum atomic E-state index is 11.5. The SMILES string of the molecule is CC(=O)N1CCN(C2CN(CCc3ccc(C)cc3)CC2C)CC1. The van der Waals surface area contributed by atoms with Crippen LogP contribution in [0, 0.1) is 12.8 Å². The van der Waals surface area contributed by atoms with E-state index in [0.29, 0.717) is 12.0 Å². The van der Waals surface area contributed by atoms with Crippen molar-refractivity contribution in [2.45, 2.75) is 33.2 Å². The molecule has 24 heavy (non-hydrogen) atoms. The zero-order valence-corrected chi connectivity index (χ0v) is 15.4. The van der Waals surface area contributed by atoms with E-state index >= 15 is 0 Å². The maximum absolute atomic E-state index is 11.5. The molecular weight excluding hydrogens is 298 g/mol. The van der Waals surface area contributed by atoms with E-state index in [9.17, 15) is 4.79 Å². The van der Waals surface area contributed by atoms with Crippen LogP contribution in [0.1, 0.15) is 25.0 Å². The lowest BCUT2D eigenvalue weighted by Gasteiger charge is -2.39. The molecule has 1 amide bonds. The van der Waals surface area contributed by atoms with Crippen molar-refractivity contribution in [2.24, 2.45) is 5.92 Å². The fraction of sp³-hybridized carbons (Fsp3) is 0.650. The summed E-state index contributed by atoms with van der Waals surface area (Å²) < 4.78 is 0. The summed E-state index contributed by atoms with van der Waals surface area (Å²) in [5.74, 6) is 0.931. The van der Waals surface area contributed by atoms with E-state index in [-0.39, 0.29) is 5.91 Å². The Morgan fingerprint density at radius 3 is 2.38 bits per heavy atom. The third-order valence-electron chi connectivity index (χ3n) is 5.71. The zero-order valence-electron chi connectivity index (χ0n) is 15.4. The molecule has 2 atom stereocenters. The minimum absolute atomic E-state index is 0.217. The molecule has 0 saturated carbocycles. The minimum Gasteiger partial charge on any atom is -0.340 e. The highest BCUT2D eigenvalue weighted by Gasteiger charge is 2.35. The molecule has 0 spiro atoms. The largest absolute Gasteiger partial charge is 0.340 e. The molecule has 0 bridgehead atoms. The van der Waals surface area contributed by atoms with Gasteiger partial charge in [0.05, 0.1) is 0 Å². The van der Waals surface area contributed by atoms with Gasteiger partial charge in [-0.2, -0.15) is 0 Å². The van der Waals surface area contributed by atoms with Crippen LogP contribution in [0.4, 0.5) is 0 Å². The highest BCUT2D eigenvalue weighted by atomic mass is 16.2. The summed E-state index contributed by atoms with van der Waals surface area (Å²) in [4.78, 5) is 18.7. The van der Waals surface area contributed by atoms with Crippen LogP contribution >= 0.6 is 0 Å². The summed E-state index contributed by atoms with van der Waals surface area (Å²) in [6.07, 6.45) is 1.14. The van der Waals surface area contributed by atoms with Crippen LogP contribution in [0.25, 0.3) is 0 Å². The molecule has 4 nitrogen and oxygen atoms in total. The second-order valence-corrected chi connectivity index (χ2v) is 7.58. The summed E-state index contributed by atoms with van der Waals surface area (Å²) in [7, 11) is 0. The van der Waals surface area contributed by atoms with Crippen LogP contribution in [0.5, 0.6) is 0 Å². The van der Waals surface area contributed by atoms with Gasteiger partial charge >= 0.3 is 0 Å². The van der Waals surface area contributed by atoms with Gasteiger partial charge < -0.3 is 9.80 Å². The van der Waals surface area contributed by atoms with Gasteiger partial charge in [0.1, 0.15) is 0 Å². The van der Waals surface area contributed by atoms with Crippen molar-refractivity contribution >= 4 is 5.91 Å². The Bertz CT molecular complexity index is 549. The number of aryl methyl sites for hydroxylation is 1. The van der Waals surface area contributed by atoms with Crippen LogP contribution in [0.15, 0.2) is 24.3 Å². The van der Waals surface area contributed by atoms with Crippen LogP contribution < -0.4 is 0 Å². The summed E-state index contributed by atoms with van der Waals surface area (Å²) in [5.41, 5.74) is 2.77. The van der Waals surface area contributed by atoms with Crippen LogP contribution in [0.3, 0.4) is 0 Å². The molecule has 0 N–H and O–H groups in total. The fourth-order valence-electron chi connectivity index (χ4n) is 4.12. The number of hydrogen-bond acceptors (Lipinski definition) is 3. The monoisotopic (exact) mass is 329 g/mol. The van der Waals surface area contributed by atoms with Crippen molar-refractivity contribution in [2.75, 3.05) is 45.8 Å². The van der Waals surface area contributed by atoms with Gasteiger partial charge in [0.2, 0.25) is 5.91 Å². The summed E-state index contributed by atoms with van der Waals surface area (Å²) in [5, 5.41) is 0. The number of hydrogen-bond donors (Lipinski definition) is 0. The second-order valence-electron chi connectivity index (χ2n) is 7.58. The highest BCUT2D eigenvalue weighted by Crippen LogP contribution is 2.23. The molecule has 4 heteroatoms. The van der Waals surface area contributed by atoms with Crippen molar-refractivity contribution in [3.63, 3.8) is 0 Å². The van der Waals surface area contributed by atoms with E-state index < -0.39 is 0 Å². The lowest BCUT2D eigenvalue weighted by Crippen LogP contribution is -2.53. The molecule has 2 heterocycles. The molecule has 2 aliphatic rings. The smallest absolute Gasteiger partial charge is 0.219 e. The molecule has 1 aromatic rings. The number of nitrogens with zero attached hydrogens (tertiary/aromatic N) is 3. The third kappa shape index (κ3) is 4.17. The lowest BCUT2D eigenvalue weighted by molar-refractivity contribution is -0.130. The Morgan fingerprint density at radius 1 is 1.08 bits per heavy atom. The van der Waals surface area contributed by atoms with Crippen LogP contribution in [-0.4, -0.2) is 72.5 Å². The van der Waals surface area contributed by atoms with Gasteiger partial charge in [-0.3, -0.25) is 9.69 Å². The number of amides is 1. The predicted molar refractivity (Wildman–Crippen MR) is 98.1 cm³/mol. The van der Waals surface area contributed by atoms with Gasteiger partial charge in [-0.25, -0.2) is 0 Å². The number of benzene rings is 1. The molecule has 3 rings (SSSR count). The van der Waals surface area contributed by atoms with E-state index in [1.165, 1.54) is 24.2 Å². The van der Waals surface area contributed by atoms with Crippen molar-refractivity contribution in [3.05, 3.63) is 35.4 Å². The average Bonchev–Trinajstić information content (AvgIpc) is 2.95. The van der Waals surface area contributed by atoms with E-state index in [1.807, 2.05) is 4.90 Å². The molecule has 132 valence electrons. The first-order valence-electron chi connectivity index (χ1n) is 9.30. The van der Waals surface area contributed by atoms with Crippen LogP contribution in [-0.2, 0) is 11.2 Å². The molecule has 0 aliphatic carbocycles. The van der Waals surface area contributed by atoms with Crippen molar-refractivity contribution < 1.29 is 4.79 Å². The highest BCUT2D eigenvalue weighted by molar-refractivity contribution is 5.73. The van der Waals surface area contributed by atoms with Crippen molar-refractivity contribution in [1.29, 1.82) is 0 Å². The van der Waals surface area contributed by atoms with E-state index in [1.54, 1.807) is 6.92 Å². The summed E-state index contributed by atoms with van der Waals surface area (Å²) in [6.45, 7) is 13.6. The first kappa shape index (κ1) is 17.4. The van der Waals surface area contributed by atoms with Gasteiger partial charge in [0.25, 0.3) is 0 Å². The number of piperazine rings is 1. The molecule has 1 aromatic carbocycles. The zero-order chi connectivity index (χ0) is 17.1.